The number of aryl methyl sites for hydroxylation is 1. The van der Waals surface area contributed by atoms with E-state index >= 15 is 0 Å². The van der Waals surface area contributed by atoms with Crippen molar-refractivity contribution in [1.82, 2.24) is 9.88 Å². The number of aromatic nitrogens is 1. The van der Waals surface area contributed by atoms with E-state index in [0.717, 1.165) is 5.82 Å². The molecule has 19 heavy (non-hydrogen) atoms. The Kier molecular flexibility index (Phi) is 4.81. The standard InChI is InChI=1S/C16H27N3/c1-5-6-11-19-12-7-8-15(19)14-9-10-16(18(3)4)17-13(14)2/h9-10,15H,5-8,11-12H2,1-4H3/t15-/m1/s1. The van der Waals surface area contributed by atoms with Crippen LogP contribution in [0.15, 0.2) is 12.1 Å². The largest absolute Gasteiger partial charge is 0.363 e. The molecule has 3 nitrogen and oxygen atoms in total. The van der Waals surface area contributed by atoms with E-state index in [1.165, 1.54) is 50.0 Å². The van der Waals surface area contributed by atoms with E-state index in [1.807, 2.05) is 14.1 Å². The second-order valence-electron chi connectivity index (χ2n) is 5.79. The average Bonchev–Trinajstić information content (AvgIpc) is 2.84. The fourth-order valence-electron chi connectivity index (χ4n) is 2.97. The van der Waals surface area contributed by atoms with E-state index in [9.17, 15) is 0 Å². The van der Waals surface area contributed by atoms with Crippen LogP contribution in [0.3, 0.4) is 0 Å². The van der Waals surface area contributed by atoms with Crippen molar-refractivity contribution in [3.8, 4) is 0 Å². The van der Waals surface area contributed by atoms with Crippen LogP contribution in [0, 0.1) is 6.92 Å². The van der Waals surface area contributed by atoms with Crippen molar-refractivity contribution >= 4 is 5.82 Å². The predicted octanol–water partition coefficient (Wildman–Crippen LogP) is 3.39. The van der Waals surface area contributed by atoms with Gasteiger partial charge in [0.2, 0.25) is 0 Å². The summed E-state index contributed by atoms with van der Waals surface area (Å²) in [5.41, 5.74) is 2.62. The molecule has 1 aromatic rings. The van der Waals surface area contributed by atoms with Gasteiger partial charge >= 0.3 is 0 Å². The van der Waals surface area contributed by atoms with Crippen LogP contribution in [0.5, 0.6) is 0 Å². The van der Waals surface area contributed by atoms with Crippen LogP contribution < -0.4 is 4.90 Å². The van der Waals surface area contributed by atoms with E-state index < -0.39 is 0 Å². The number of likely N-dealkylation sites (tertiary alicyclic amines) is 1. The van der Waals surface area contributed by atoms with Gasteiger partial charge in [0.25, 0.3) is 0 Å². The zero-order valence-corrected chi connectivity index (χ0v) is 12.8. The van der Waals surface area contributed by atoms with Crippen LogP contribution in [-0.2, 0) is 0 Å². The van der Waals surface area contributed by atoms with E-state index in [2.05, 4.69) is 35.8 Å². The summed E-state index contributed by atoms with van der Waals surface area (Å²) in [6.07, 6.45) is 5.19. The first-order valence-corrected chi connectivity index (χ1v) is 7.52. The molecule has 2 rings (SSSR count). The summed E-state index contributed by atoms with van der Waals surface area (Å²) in [5, 5.41) is 0. The van der Waals surface area contributed by atoms with Crippen molar-refractivity contribution < 1.29 is 0 Å². The molecule has 2 heterocycles. The van der Waals surface area contributed by atoms with Gasteiger partial charge in [-0.3, -0.25) is 4.90 Å². The van der Waals surface area contributed by atoms with Crippen molar-refractivity contribution in [1.29, 1.82) is 0 Å². The Labute approximate surface area is 117 Å². The Morgan fingerprint density at radius 2 is 2.16 bits per heavy atom. The van der Waals surface area contributed by atoms with Crippen LogP contribution in [0.1, 0.15) is 49.9 Å². The molecule has 0 aliphatic carbocycles. The lowest BCUT2D eigenvalue weighted by Crippen LogP contribution is -2.25. The molecule has 3 heteroatoms. The minimum Gasteiger partial charge on any atom is -0.363 e. The number of hydrogen-bond acceptors (Lipinski definition) is 3. The molecule has 1 aliphatic heterocycles. The Bertz CT molecular complexity index is 414. The number of unbranched alkanes of at least 4 members (excludes halogenated alkanes) is 1. The summed E-state index contributed by atoms with van der Waals surface area (Å²) in [6, 6.07) is 5.03. The van der Waals surface area contributed by atoms with Crippen LogP contribution in [0.2, 0.25) is 0 Å². The summed E-state index contributed by atoms with van der Waals surface area (Å²) >= 11 is 0. The molecule has 1 aliphatic rings. The van der Waals surface area contributed by atoms with E-state index in [-0.39, 0.29) is 0 Å². The zero-order chi connectivity index (χ0) is 13.8. The van der Waals surface area contributed by atoms with Gasteiger partial charge in [-0.1, -0.05) is 19.4 Å². The monoisotopic (exact) mass is 261 g/mol. The third-order valence-electron chi connectivity index (χ3n) is 4.09. The fourth-order valence-corrected chi connectivity index (χ4v) is 2.97. The first-order chi connectivity index (χ1) is 9.13. The summed E-state index contributed by atoms with van der Waals surface area (Å²) in [5.74, 6) is 1.05. The van der Waals surface area contributed by atoms with Gasteiger partial charge in [-0.2, -0.15) is 0 Å². The zero-order valence-electron chi connectivity index (χ0n) is 12.8. The second kappa shape index (κ2) is 6.38. The Hall–Kier alpha value is -1.09. The quantitative estimate of drug-likeness (QED) is 0.810. The molecule has 0 amide bonds. The van der Waals surface area contributed by atoms with Crippen molar-refractivity contribution in [2.24, 2.45) is 0 Å². The normalized spacial score (nSPS) is 19.9. The average molecular weight is 261 g/mol. The molecule has 0 N–H and O–H groups in total. The Morgan fingerprint density at radius 1 is 1.37 bits per heavy atom. The highest BCUT2D eigenvalue weighted by atomic mass is 15.2. The van der Waals surface area contributed by atoms with E-state index in [1.54, 1.807) is 0 Å². The Morgan fingerprint density at radius 3 is 2.79 bits per heavy atom. The molecule has 0 radical (unpaired) electrons. The highest BCUT2D eigenvalue weighted by molar-refractivity contribution is 5.41. The third-order valence-corrected chi connectivity index (χ3v) is 4.09. The third kappa shape index (κ3) is 3.27. The fraction of sp³-hybridized carbons (Fsp3) is 0.688. The minimum absolute atomic E-state index is 0.593. The van der Waals surface area contributed by atoms with E-state index in [0.29, 0.717) is 6.04 Å². The van der Waals surface area contributed by atoms with Gasteiger partial charge in [-0.25, -0.2) is 4.98 Å². The lowest BCUT2D eigenvalue weighted by atomic mass is 10.0. The lowest BCUT2D eigenvalue weighted by Gasteiger charge is -2.26. The van der Waals surface area contributed by atoms with Crippen LogP contribution in [0.4, 0.5) is 5.82 Å². The molecular formula is C16H27N3. The van der Waals surface area contributed by atoms with Crippen LogP contribution in [0.25, 0.3) is 0 Å². The Balaban J connectivity index is 2.16. The van der Waals surface area contributed by atoms with Crippen molar-refractivity contribution in [2.45, 2.75) is 45.6 Å². The molecule has 1 atom stereocenters. The van der Waals surface area contributed by atoms with Gasteiger partial charge < -0.3 is 4.90 Å². The molecular weight excluding hydrogens is 234 g/mol. The number of nitrogens with zero attached hydrogens (tertiary/aromatic N) is 3. The summed E-state index contributed by atoms with van der Waals surface area (Å²) in [4.78, 5) is 9.44. The molecule has 1 aromatic heterocycles. The molecule has 106 valence electrons. The lowest BCUT2D eigenvalue weighted by molar-refractivity contribution is 0.252. The number of hydrogen-bond donors (Lipinski definition) is 0. The van der Waals surface area contributed by atoms with Crippen molar-refractivity contribution in [3.05, 3.63) is 23.4 Å². The summed E-state index contributed by atoms with van der Waals surface area (Å²) < 4.78 is 0. The predicted molar refractivity (Wildman–Crippen MR) is 81.8 cm³/mol. The van der Waals surface area contributed by atoms with Crippen LogP contribution >= 0.6 is 0 Å². The van der Waals surface area contributed by atoms with Crippen molar-refractivity contribution in [3.63, 3.8) is 0 Å². The minimum atomic E-state index is 0.593. The number of pyridine rings is 1. The van der Waals surface area contributed by atoms with Gasteiger partial charge in [-0.05, 0) is 50.9 Å². The van der Waals surface area contributed by atoms with Crippen LogP contribution in [-0.4, -0.2) is 37.1 Å². The maximum Gasteiger partial charge on any atom is 0.128 e. The van der Waals surface area contributed by atoms with Gasteiger partial charge in [0, 0.05) is 25.8 Å². The summed E-state index contributed by atoms with van der Waals surface area (Å²) in [6.45, 7) is 6.90. The molecule has 0 saturated carbocycles. The highest BCUT2D eigenvalue weighted by Gasteiger charge is 2.26. The maximum absolute atomic E-state index is 4.73. The second-order valence-corrected chi connectivity index (χ2v) is 5.79. The van der Waals surface area contributed by atoms with Gasteiger partial charge in [0.15, 0.2) is 0 Å². The molecule has 0 unspecified atom stereocenters. The number of rotatable bonds is 5. The number of anilines is 1. The molecule has 0 spiro atoms. The van der Waals surface area contributed by atoms with E-state index in [4.69, 9.17) is 4.98 Å². The highest BCUT2D eigenvalue weighted by Crippen LogP contribution is 2.33. The molecule has 0 bridgehead atoms. The SMILES string of the molecule is CCCCN1CCC[C@@H]1c1ccc(N(C)C)nc1C. The molecule has 0 aromatic carbocycles. The molecule has 1 fully saturated rings. The van der Waals surface area contributed by atoms with Gasteiger partial charge in [0.1, 0.15) is 5.82 Å². The first kappa shape index (κ1) is 14.3. The van der Waals surface area contributed by atoms with Gasteiger partial charge in [-0.15, -0.1) is 0 Å². The first-order valence-electron chi connectivity index (χ1n) is 7.52. The smallest absolute Gasteiger partial charge is 0.128 e. The van der Waals surface area contributed by atoms with Gasteiger partial charge in [0.05, 0.1) is 0 Å². The maximum atomic E-state index is 4.73. The molecule has 1 saturated heterocycles. The summed E-state index contributed by atoms with van der Waals surface area (Å²) in [7, 11) is 4.09. The topological polar surface area (TPSA) is 19.4 Å². The van der Waals surface area contributed by atoms with Crippen molar-refractivity contribution in [2.75, 3.05) is 32.1 Å².